The van der Waals surface area contributed by atoms with Crippen LogP contribution in [0.3, 0.4) is 0 Å². The highest BCUT2D eigenvalue weighted by Gasteiger charge is 2.30. The van der Waals surface area contributed by atoms with Crippen LogP contribution in [-0.4, -0.2) is 21.0 Å². The lowest BCUT2D eigenvalue weighted by molar-refractivity contribution is 0.260. The summed E-state index contributed by atoms with van der Waals surface area (Å²) in [6.45, 7) is 7.50. The lowest BCUT2D eigenvalue weighted by Crippen LogP contribution is -2.41. The van der Waals surface area contributed by atoms with E-state index in [4.69, 9.17) is 0 Å². The van der Waals surface area contributed by atoms with Crippen molar-refractivity contribution < 1.29 is 8.42 Å². The Hall–Kier alpha value is -0.430. The Balaban J connectivity index is 2.12. The Kier molecular flexibility index (Phi) is 5.82. The maximum atomic E-state index is 12.7. The molecule has 1 aromatic rings. The van der Waals surface area contributed by atoms with Crippen LogP contribution >= 0.6 is 11.3 Å². The van der Waals surface area contributed by atoms with Gasteiger partial charge in [0, 0.05) is 17.5 Å². The zero-order chi connectivity index (χ0) is 15.5. The van der Waals surface area contributed by atoms with Crippen molar-refractivity contribution >= 4 is 21.4 Å². The van der Waals surface area contributed by atoms with Gasteiger partial charge in [0.05, 0.1) is 0 Å². The number of aryl methyl sites for hydroxylation is 1. The molecule has 0 aromatic carbocycles. The molecular weight excluding hydrogens is 304 g/mol. The van der Waals surface area contributed by atoms with Crippen molar-refractivity contribution in [2.45, 2.75) is 63.9 Å². The van der Waals surface area contributed by atoms with Crippen molar-refractivity contribution in [1.29, 1.82) is 0 Å². The van der Waals surface area contributed by atoms with E-state index in [1.807, 2.05) is 19.2 Å². The van der Waals surface area contributed by atoms with Crippen molar-refractivity contribution in [2.24, 2.45) is 5.92 Å². The van der Waals surface area contributed by atoms with Crippen LogP contribution in [-0.2, 0) is 16.6 Å². The van der Waals surface area contributed by atoms with Crippen molar-refractivity contribution in [2.75, 3.05) is 6.54 Å². The first-order valence-electron chi connectivity index (χ1n) is 7.75. The van der Waals surface area contributed by atoms with Crippen LogP contribution in [0.25, 0.3) is 0 Å². The van der Waals surface area contributed by atoms with Gasteiger partial charge in [-0.1, -0.05) is 13.3 Å². The standard InChI is InChI=1S/C15H26N2O2S2/c1-4-8-16-9-14-15(11(2)10-20-14)21(18,19)17-12(3)13-6-5-7-13/h10,12-13,16-17H,4-9H2,1-3H3. The number of hydrogen-bond acceptors (Lipinski definition) is 4. The van der Waals surface area contributed by atoms with E-state index in [1.54, 1.807) is 0 Å². The molecule has 0 spiro atoms. The second kappa shape index (κ2) is 7.22. The molecule has 0 aliphatic heterocycles. The van der Waals surface area contributed by atoms with Gasteiger partial charge in [-0.3, -0.25) is 0 Å². The van der Waals surface area contributed by atoms with E-state index >= 15 is 0 Å². The Bertz CT molecular complexity index is 562. The summed E-state index contributed by atoms with van der Waals surface area (Å²) < 4.78 is 28.3. The van der Waals surface area contributed by atoms with E-state index in [1.165, 1.54) is 17.8 Å². The molecule has 0 saturated heterocycles. The van der Waals surface area contributed by atoms with Crippen molar-refractivity contribution in [3.05, 3.63) is 15.8 Å². The van der Waals surface area contributed by atoms with Gasteiger partial charge in [-0.05, 0) is 56.5 Å². The third-order valence-corrected chi connectivity index (χ3v) is 7.19. The predicted octanol–water partition coefficient (Wildman–Crippen LogP) is 3.02. The molecule has 21 heavy (non-hydrogen) atoms. The molecule has 1 heterocycles. The molecule has 1 atom stereocenters. The van der Waals surface area contributed by atoms with Gasteiger partial charge in [0.15, 0.2) is 0 Å². The molecular formula is C15H26N2O2S2. The summed E-state index contributed by atoms with van der Waals surface area (Å²) in [6, 6.07) is 0.0273. The third kappa shape index (κ3) is 4.06. The Morgan fingerprint density at radius 2 is 2.14 bits per heavy atom. The molecule has 0 amide bonds. The zero-order valence-corrected chi connectivity index (χ0v) is 14.7. The minimum absolute atomic E-state index is 0.0273. The summed E-state index contributed by atoms with van der Waals surface area (Å²) in [7, 11) is -3.42. The number of hydrogen-bond donors (Lipinski definition) is 2. The molecule has 1 aliphatic rings. The van der Waals surface area contributed by atoms with E-state index in [9.17, 15) is 8.42 Å². The van der Waals surface area contributed by atoms with Crippen molar-refractivity contribution in [3.8, 4) is 0 Å². The molecule has 1 unspecified atom stereocenters. The molecule has 120 valence electrons. The van der Waals surface area contributed by atoms with Crippen LogP contribution in [0, 0.1) is 12.8 Å². The number of rotatable bonds is 8. The molecule has 1 aliphatic carbocycles. The molecule has 0 radical (unpaired) electrons. The number of sulfonamides is 1. The maximum Gasteiger partial charge on any atom is 0.242 e. The van der Waals surface area contributed by atoms with Gasteiger partial charge in [-0.15, -0.1) is 11.3 Å². The average molecular weight is 331 g/mol. The van der Waals surface area contributed by atoms with Crippen LogP contribution in [0.1, 0.15) is 50.0 Å². The monoisotopic (exact) mass is 330 g/mol. The topological polar surface area (TPSA) is 58.2 Å². The van der Waals surface area contributed by atoms with Crippen LogP contribution in [0.15, 0.2) is 10.3 Å². The average Bonchev–Trinajstić information content (AvgIpc) is 2.68. The van der Waals surface area contributed by atoms with Crippen molar-refractivity contribution in [3.63, 3.8) is 0 Å². The zero-order valence-electron chi connectivity index (χ0n) is 13.1. The highest BCUT2D eigenvalue weighted by molar-refractivity contribution is 7.89. The fourth-order valence-corrected chi connectivity index (χ4v) is 5.78. The van der Waals surface area contributed by atoms with Gasteiger partial charge in [0.25, 0.3) is 0 Å². The van der Waals surface area contributed by atoms with E-state index in [-0.39, 0.29) is 6.04 Å². The quantitative estimate of drug-likeness (QED) is 0.720. The summed E-state index contributed by atoms with van der Waals surface area (Å²) in [5.74, 6) is 0.500. The SMILES string of the molecule is CCCNCc1scc(C)c1S(=O)(=O)NC(C)C1CCC1. The van der Waals surface area contributed by atoms with Gasteiger partial charge in [0.2, 0.25) is 10.0 Å². The number of thiophene rings is 1. The summed E-state index contributed by atoms with van der Waals surface area (Å²) in [5, 5.41) is 5.23. The predicted molar refractivity (Wildman–Crippen MR) is 88.2 cm³/mol. The fourth-order valence-electron chi connectivity index (χ4n) is 2.69. The van der Waals surface area contributed by atoms with E-state index in [0.717, 1.165) is 36.2 Å². The number of nitrogens with one attached hydrogen (secondary N) is 2. The Morgan fingerprint density at radius 3 is 2.71 bits per heavy atom. The summed E-state index contributed by atoms with van der Waals surface area (Å²) in [5.41, 5.74) is 0.849. The van der Waals surface area contributed by atoms with E-state index in [0.29, 0.717) is 17.4 Å². The van der Waals surface area contributed by atoms with Crippen molar-refractivity contribution in [1.82, 2.24) is 10.0 Å². The van der Waals surface area contributed by atoms with Crippen LogP contribution in [0.5, 0.6) is 0 Å². The lowest BCUT2D eigenvalue weighted by Gasteiger charge is -2.31. The van der Waals surface area contributed by atoms with Crippen LogP contribution in [0.4, 0.5) is 0 Å². The maximum absolute atomic E-state index is 12.7. The molecule has 1 aromatic heterocycles. The largest absolute Gasteiger partial charge is 0.312 e. The smallest absolute Gasteiger partial charge is 0.242 e. The highest BCUT2D eigenvalue weighted by Crippen LogP contribution is 2.32. The Morgan fingerprint density at radius 1 is 1.43 bits per heavy atom. The van der Waals surface area contributed by atoms with Gasteiger partial charge in [-0.25, -0.2) is 13.1 Å². The van der Waals surface area contributed by atoms with E-state index in [2.05, 4.69) is 17.0 Å². The minimum Gasteiger partial charge on any atom is -0.312 e. The molecule has 1 fully saturated rings. The Labute approximate surface area is 132 Å². The summed E-state index contributed by atoms with van der Waals surface area (Å²) in [6.07, 6.45) is 4.54. The van der Waals surface area contributed by atoms with Gasteiger partial charge < -0.3 is 5.32 Å². The summed E-state index contributed by atoms with van der Waals surface area (Å²) in [4.78, 5) is 1.40. The van der Waals surface area contributed by atoms with Gasteiger partial charge in [-0.2, -0.15) is 0 Å². The van der Waals surface area contributed by atoms with E-state index < -0.39 is 10.0 Å². The first kappa shape index (κ1) is 16.9. The van der Waals surface area contributed by atoms with Gasteiger partial charge in [0.1, 0.15) is 4.90 Å². The molecule has 2 N–H and O–H groups in total. The fraction of sp³-hybridized carbons (Fsp3) is 0.733. The van der Waals surface area contributed by atoms with Crippen LogP contribution in [0.2, 0.25) is 0 Å². The third-order valence-electron chi connectivity index (χ3n) is 4.17. The minimum atomic E-state index is -3.42. The van der Waals surface area contributed by atoms with Gasteiger partial charge >= 0.3 is 0 Å². The molecule has 2 rings (SSSR count). The first-order valence-corrected chi connectivity index (χ1v) is 10.1. The molecule has 6 heteroatoms. The second-order valence-corrected chi connectivity index (χ2v) is 8.56. The second-order valence-electron chi connectivity index (χ2n) is 5.95. The summed E-state index contributed by atoms with van der Waals surface area (Å²) >= 11 is 1.53. The first-order chi connectivity index (χ1) is 9.95. The normalized spacial score (nSPS) is 17.7. The molecule has 4 nitrogen and oxygen atoms in total. The molecule has 1 saturated carbocycles. The van der Waals surface area contributed by atoms with Crippen LogP contribution < -0.4 is 10.0 Å². The lowest BCUT2D eigenvalue weighted by atomic mass is 9.81. The molecule has 0 bridgehead atoms. The highest BCUT2D eigenvalue weighted by atomic mass is 32.2.